The monoisotopic (exact) mass is 275 g/mol. The lowest BCUT2D eigenvalue weighted by Crippen LogP contribution is -2.52. The summed E-state index contributed by atoms with van der Waals surface area (Å²) in [6.45, 7) is 1.93. The van der Waals surface area contributed by atoms with Gasteiger partial charge in [-0.25, -0.2) is 0 Å². The molecule has 1 aliphatic rings. The Bertz CT molecular complexity index is 557. The van der Waals surface area contributed by atoms with E-state index in [0.29, 0.717) is 30.6 Å². The Labute approximate surface area is 116 Å². The summed E-state index contributed by atoms with van der Waals surface area (Å²) in [6.07, 6.45) is 1.82. The normalized spacial score (nSPS) is 18.6. The molecule has 1 atom stereocenters. The van der Waals surface area contributed by atoms with Crippen molar-refractivity contribution in [1.82, 2.24) is 5.32 Å². The molecule has 0 bridgehead atoms. The smallest absolute Gasteiger partial charge is 0.249 e. The van der Waals surface area contributed by atoms with Gasteiger partial charge in [0.05, 0.1) is 0 Å². The van der Waals surface area contributed by atoms with E-state index in [0.717, 1.165) is 5.56 Å². The van der Waals surface area contributed by atoms with Gasteiger partial charge in [0.1, 0.15) is 6.04 Å². The molecule has 106 valence electrons. The average Bonchev–Trinajstić information content (AvgIpc) is 2.42. The van der Waals surface area contributed by atoms with Crippen LogP contribution in [0.1, 0.15) is 25.3 Å². The van der Waals surface area contributed by atoms with Crippen molar-refractivity contribution in [2.75, 3.05) is 10.6 Å². The second-order valence-electron chi connectivity index (χ2n) is 4.68. The quantitative estimate of drug-likeness (QED) is 0.478. The zero-order valence-corrected chi connectivity index (χ0v) is 11.3. The number of hydrogen-bond acceptors (Lipinski definition) is 4. The average molecular weight is 275 g/mol. The van der Waals surface area contributed by atoms with Gasteiger partial charge in [-0.1, -0.05) is 13.0 Å². The molecule has 0 spiro atoms. The van der Waals surface area contributed by atoms with Crippen molar-refractivity contribution in [3.63, 3.8) is 0 Å². The Balaban J connectivity index is 2.38. The van der Waals surface area contributed by atoms with E-state index in [4.69, 9.17) is 5.73 Å². The number of carbonyl (C=O) groups excluding carboxylic acids is 3. The van der Waals surface area contributed by atoms with Crippen LogP contribution in [0.2, 0.25) is 0 Å². The molecule has 1 saturated heterocycles. The standard InChI is InChI=1S/C14H17N3O3/c1-2-9-10(15)4-3-5-11(9)17(8-18)12-6-7-13(19)16-14(12)20/h3-5,8,12H,2,6-7,15H2,1H3,(H,16,19,20). The van der Waals surface area contributed by atoms with Gasteiger partial charge >= 0.3 is 0 Å². The summed E-state index contributed by atoms with van der Waals surface area (Å²) in [5, 5.41) is 2.26. The highest BCUT2D eigenvalue weighted by Gasteiger charge is 2.32. The molecule has 1 fully saturated rings. The topological polar surface area (TPSA) is 92.5 Å². The van der Waals surface area contributed by atoms with E-state index in [1.165, 1.54) is 4.90 Å². The number of amides is 3. The molecule has 20 heavy (non-hydrogen) atoms. The first-order chi connectivity index (χ1) is 9.58. The lowest BCUT2D eigenvalue weighted by molar-refractivity contribution is -0.134. The third-order valence-electron chi connectivity index (χ3n) is 3.48. The second kappa shape index (κ2) is 5.73. The molecule has 1 aromatic rings. The van der Waals surface area contributed by atoms with Gasteiger partial charge in [0, 0.05) is 17.8 Å². The van der Waals surface area contributed by atoms with Crippen molar-refractivity contribution in [3.8, 4) is 0 Å². The molecule has 1 heterocycles. The third kappa shape index (κ3) is 2.49. The van der Waals surface area contributed by atoms with Gasteiger partial charge in [-0.15, -0.1) is 0 Å². The van der Waals surface area contributed by atoms with Gasteiger partial charge in [0.25, 0.3) is 0 Å². The van der Waals surface area contributed by atoms with Gasteiger partial charge < -0.3 is 10.6 Å². The summed E-state index contributed by atoms with van der Waals surface area (Å²) in [6, 6.07) is 4.59. The molecule has 6 heteroatoms. The molecule has 1 aromatic carbocycles. The van der Waals surface area contributed by atoms with Crippen LogP contribution in [0.15, 0.2) is 18.2 Å². The van der Waals surface area contributed by atoms with Gasteiger partial charge in [0.2, 0.25) is 18.2 Å². The number of imide groups is 1. The van der Waals surface area contributed by atoms with E-state index < -0.39 is 11.9 Å². The molecule has 0 aliphatic carbocycles. The van der Waals surface area contributed by atoms with Gasteiger partial charge in [-0.2, -0.15) is 0 Å². The van der Waals surface area contributed by atoms with Crippen LogP contribution in [0.4, 0.5) is 11.4 Å². The Morgan fingerprint density at radius 2 is 2.20 bits per heavy atom. The Morgan fingerprint density at radius 3 is 2.80 bits per heavy atom. The molecule has 0 saturated carbocycles. The van der Waals surface area contributed by atoms with Crippen LogP contribution < -0.4 is 16.0 Å². The maximum atomic E-state index is 11.9. The molecule has 1 aliphatic heterocycles. The van der Waals surface area contributed by atoms with Crippen LogP contribution in [0, 0.1) is 0 Å². The lowest BCUT2D eigenvalue weighted by Gasteiger charge is -2.31. The first-order valence-corrected chi connectivity index (χ1v) is 6.53. The fourth-order valence-electron chi connectivity index (χ4n) is 2.46. The van der Waals surface area contributed by atoms with E-state index in [2.05, 4.69) is 5.32 Å². The van der Waals surface area contributed by atoms with Crippen LogP contribution >= 0.6 is 0 Å². The van der Waals surface area contributed by atoms with Crippen LogP contribution in [-0.4, -0.2) is 24.3 Å². The lowest BCUT2D eigenvalue weighted by atomic mass is 10.0. The predicted molar refractivity (Wildman–Crippen MR) is 74.9 cm³/mol. The van der Waals surface area contributed by atoms with Crippen molar-refractivity contribution in [2.45, 2.75) is 32.2 Å². The Morgan fingerprint density at radius 1 is 1.45 bits per heavy atom. The molecule has 3 N–H and O–H groups in total. The second-order valence-corrected chi connectivity index (χ2v) is 4.68. The minimum absolute atomic E-state index is 0.227. The summed E-state index contributed by atoms with van der Waals surface area (Å²) in [7, 11) is 0. The molecule has 3 amide bonds. The van der Waals surface area contributed by atoms with E-state index in [1.54, 1.807) is 18.2 Å². The number of nitrogens with zero attached hydrogens (tertiary/aromatic N) is 1. The van der Waals surface area contributed by atoms with Crippen molar-refractivity contribution in [3.05, 3.63) is 23.8 Å². The third-order valence-corrected chi connectivity index (χ3v) is 3.48. The number of nitrogens with two attached hydrogens (primary N) is 1. The zero-order valence-electron chi connectivity index (χ0n) is 11.3. The van der Waals surface area contributed by atoms with E-state index in [1.807, 2.05) is 6.92 Å². The maximum Gasteiger partial charge on any atom is 0.249 e. The van der Waals surface area contributed by atoms with Crippen molar-refractivity contribution < 1.29 is 14.4 Å². The number of benzene rings is 1. The van der Waals surface area contributed by atoms with Gasteiger partial charge in [-0.05, 0) is 30.5 Å². The van der Waals surface area contributed by atoms with Crippen molar-refractivity contribution in [2.24, 2.45) is 0 Å². The molecule has 2 rings (SSSR count). The van der Waals surface area contributed by atoms with E-state index in [9.17, 15) is 14.4 Å². The van der Waals surface area contributed by atoms with Crippen LogP contribution in [-0.2, 0) is 20.8 Å². The maximum absolute atomic E-state index is 11.9. The SMILES string of the molecule is CCc1c(N)cccc1N(C=O)C1CCC(=O)NC1=O. The van der Waals surface area contributed by atoms with Crippen molar-refractivity contribution >= 4 is 29.6 Å². The predicted octanol–water partition coefficient (Wildman–Crippen LogP) is 0.599. The first-order valence-electron chi connectivity index (χ1n) is 6.53. The fraction of sp³-hybridized carbons (Fsp3) is 0.357. The molecular formula is C14H17N3O3. The Kier molecular flexibility index (Phi) is 4.02. The molecule has 1 unspecified atom stereocenters. The van der Waals surface area contributed by atoms with Gasteiger partial charge in [0.15, 0.2) is 0 Å². The van der Waals surface area contributed by atoms with Crippen LogP contribution in [0.3, 0.4) is 0 Å². The number of carbonyl (C=O) groups is 3. The number of piperidine rings is 1. The minimum Gasteiger partial charge on any atom is -0.398 e. The van der Waals surface area contributed by atoms with Gasteiger partial charge in [-0.3, -0.25) is 19.7 Å². The molecule has 6 nitrogen and oxygen atoms in total. The van der Waals surface area contributed by atoms with Crippen LogP contribution in [0.5, 0.6) is 0 Å². The Hall–Kier alpha value is -2.37. The van der Waals surface area contributed by atoms with E-state index >= 15 is 0 Å². The highest BCUT2D eigenvalue weighted by Crippen LogP contribution is 2.28. The number of rotatable bonds is 4. The number of hydrogen-bond donors (Lipinski definition) is 2. The molecule has 0 radical (unpaired) electrons. The highest BCUT2D eigenvalue weighted by atomic mass is 16.2. The first kappa shape index (κ1) is 14.0. The highest BCUT2D eigenvalue weighted by molar-refractivity contribution is 6.04. The largest absolute Gasteiger partial charge is 0.398 e. The molecular weight excluding hydrogens is 258 g/mol. The summed E-state index contributed by atoms with van der Waals surface area (Å²) in [5.41, 5.74) is 7.95. The number of anilines is 2. The van der Waals surface area contributed by atoms with E-state index in [-0.39, 0.29) is 12.3 Å². The molecule has 0 aromatic heterocycles. The zero-order chi connectivity index (χ0) is 14.7. The number of nitrogens with one attached hydrogen (secondary N) is 1. The fourth-order valence-corrected chi connectivity index (χ4v) is 2.46. The minimum atomic E-state index is -0.669. The number of nitrogen functional groups attached to an aromatic ring is 1. The summed E-state index contributed by atoms with van der Waals surface area (Å²) in [5.74, 6) is -0.752. The summed E-state index contributed by atoms with van der Waals surface area (Å²) in [4.78, 5) is 35.9. The summed E-state index contributed by atoms with van der Waals surface area (Å²) >= 11 is 0. The summed E-state index contributed by atoms with van der Waals surface area (Å²) < 4.78 is 0. The van der Waals surface area contributed by atoms with Crippen LogP contribution in [0.25, 0.3) is 0 Å². The van der Waals surface area contributed by atoms with Crippen molar-refractivity contribution in [1.29, 1.82) is 0 Å².